The Kier molecular flexibility index (Phi) is 18.8. The molecule has 3 aliphatic carbocycles. The summed E-state index contributed by atoms with van der Waals surface area (Å²) in [5.74, 6) is 1.41. The topological polar surface area (TPSA) is 210 Å². The van der Waals surface area contributed by atoms with Crippen molar-refractivity contribution < 1.29 is 37.2 Å². The zero-order chi connectivity index (χ0) is 60.3. The van der Waals surface area contributed by atoms with Crippen LogP contribution in [0.3, 0.4) is 0 Å². The van der Waals surface area contributed by atoms with E-state index in [0.29, 0.717) is 30.6 Å². The Morgan fingerprint density at radius 2 is 1.57 bits per heavy atom. The number of piperidine rings is 2. The number of carbonyl (C=O) groups is 6. The molecule has 4 aliphatic heterocycles. The van der Waals surface area contributed by atoms with Gasteiger partial charge in [0.15, 0.2) is 0 Å². The normalized spacial score (nSPS) is 23.8. The predicted molar refractivity (Wildman–Crippen MR) is 337 cm³/mol. The second-order valence-electron chi connectivity index (χ2n) is 25.9. The number of allylic oxidation sites excluding steroid dienone is 1. The van der Waals surface area contributed by atoms with Gasteiger partial charge in [0, 0.05) is 104 Å². The summed E-state index contributed by atoms with van der Waals surface area (Å²) in [6, 6.07) is 26.4. The number of hydrogen-bond donors (Lipinski definition) is 5. The number of benzene rings is 4. The van der Waals surface area contributed by atoms with E-state index < -0.39 is 45.6 Å². The highest BCUT2D eigenvalue weighted by molar-refractivity contribution is 7.99. The van der Waals surface area contributed by atoms with Gasteiger partial charge in [-0.05, 0) is 186 Å². The molecule has 0 spiro atoms. The number of rotatable bonds is 23. The molecule has 458 valence electrons. The number of nitrogens with one attached hydrogen (secondary N) is 5. The van der Waals surface area contributed by atoms with Crippen LogP contribution in [0, 0.1) is 41.9 Å². The molecular weight excluding hydrogens is 1120 g/mol. The van der Waals surface area contributed by atoms with Gasteiger partial charge >= 0.3 is 0 Å². The fourth-order valence-corrected chi connectivity index (χ4v) is 16.5. The van der Waals surface area contributed by atoms with E-state index in [1.54, 1.807) is 65.9 Å². The second-order valence-corrected chi connectivity index (χ2v) is 28.7. The Balaban J connectivity index is 0.623. The third-order valence-corrected chi connectivity index (χ3v) is 22.0. The quantitative estimate of drug-likeness (QED) is 0.0203. The fraction of sp³-hybridized carbons (Fsp3) is 0.522. The lowest BCUT2D eigenvalue weighted by Crippen LogP contribution is -2.54. The van der Waals surface area contributed by atoms with E-state index in [-0.39, 0.29) is 52.3 Å². The number of nitrogens with zero attached hydrogens (tertiary/aromatic N) is 4. The Hall–Kier alpha value is -6.54. The number of thioether (sulfide) groups is 1. The lowest BCUT2D eigenvalue weighted by Gasteiger charge is -2.40. The van der Waals surface area contributed by atoms with Crippen LogP contribution in [0.25, 0.3) is 0 Å². The Bertz CT molecular complexity index is 3340. The highest BCUT2D eigenvalue weighted by Crippen LogP contribution is 2.63. The predicted octanol–water partition coefficient (Wildman–Crippen LogP) is 9.12. The number of likely N-dealkylation sites (tertiary alicyclic amines) is 1. The Morgan fingerprint density at radius 1 is 0.802 bits per heavy atom. The molecule has 5 N–H and O–H groups in total. The third-order valence-electron chi connectivity index (χ3n) is 19.5. The van der Waals surface area contributed by atoms with Crippen molar-refractivity contribution in [2.45, 2.75) is 127 Å². The second kappa shape index (κ2) is 26.4. The first-order valence-electron chi connectivity index (χ1n) is 31.4. The van der Waals surface area contributed by atoms with Crippen LogP contribution in [-0.2, 0) is 24.4 Å². The van der Waals surface area contributed by atoms with Gasteiger partial charge in [0.1, 0.15) is 6.04 Å². The first-order chi connectivity index (χ1) is 41.4. The first-order valence-corrected chi connectivity index (χ1v) is 33.9. The van der Waals surface area contributed by atoms with Crippen molar-refractivity contribution in [2.24, 2.45) is 35.0 Å². The number of amides is 6. The van der Waals surface area contributed by atoms with Crippen LogP contribution in [0.2, 0.25) is 0 Å². The number of imide groups is 2. The van der Waals surface area contributed by atoms with Gasteiger partial charge in [0.25, 0.3) is 27.7 Å². The smallest absolute Gasteiger partial charge is 0.264 e. The SMILES string of the molecule is CCC1CC(C2=C(CN3CCN(c4ccc(C(=O)NS(=O)(=O)c5ccc(NC(CCN6CCC(C(=O)NCCCNc7cccc8c7C(=O)N(C7CCC(=O)NC7=O)C8=O)CC6)CSc6ccccc6)c(C)c5)cc4)CC3)CCC(C)(C)C2)C2CC12. The zero-order valence-electron chi connectivity index (χ0n) is 50.3. The molecule has 4 aromatic rings. The molecule has 0 aromatic heterocycles. The molecule has 11 rings (SSSR count). The average Bonchev–Trinajstić information content (AvgIpc) is 1.82. The summed E-state index contributed by atoms with van der Waals surface area (Å²) in [6.45, 7) is 17.3. The van der Waals surface area contributed by atoms with Gasteiger partial charge in [-0.3, -0.25) is 43.9 Å². The molecule has 6 amide bonds. The van der Waals surface area contributed by atoms with E-state index in [0.717, 1.165) is 128 Å². The van der Waals surface area contributed by atoms with E-state index in [1.807, 2.05) is 42.8 Å². The molecule has 19 heteroatoms. The van der Waals surface area contributed by atoms with Crippen molar-refractivity contribution in [1.82, 2.24) is 30.1 Å². The van der Waals surface area contributed by atoms with Crippen molar-refractivity contribution >= 4 is 74.3 Å². The van der Waals surface area contributed by atoms with Crippen molar-refractivity contribution in [2.75, 3.05) is 86.7 Å². The van der Waals surface area contributed by atoms with Gasteiger partial charge in [-0.25, -0.2) is 13.1 Å². The van der Waals surface area contributed by atoms with Crippen molar-refractivity contribution in [3.05, 3.63) is 124 Å². The van der Waals surface area contributed by atoms with Crippen LogP contribution in [0.1, 0.15) is 134 Å². The van der Waals surface area contributed by atoms with Crippen LogP contribution >= 0.6 is 11.8 Å². The molecule has 5 fully saturated rings. The molecule has 6 unspecified atom stereocenters. The molecule has 4 heterocycles. The minimum Gasteiger partial charge on any atom is -0.384 e. The summed E-state index contributed by atoms with van der Waals surface area (Å²) < 4.78 is 29.8. The van der Waals surface area contributed by atoms with E-state index in [9.17, 15) is 37.2 Å². The molecule has 0 radical (unpaired) electrons. The van der Waals surface area contributed by atoms with Crippen LogP contribution in [0.15, 0.2) is 112 Å². The molecule has 3 saturated heterocycles. The molecular formula is C67H85N9O8S2. The summed E-state index contributed by atoms with van der Waals surface area (Å²) in [6.07, 6.45) is 10.9. The fourth-order valence-electron chi connectivity index (χ4n) is 14.4. The number of sulfonamides is 1. The molecule has 4 aromatic carbocycles. The van der Waals surface area contributed by atoms with Gasteiger partial charge < -0.3 is 25.8 Å². The molecule has 0 bridgehead atoms. The summed E-state index contributed by atoms with van der Waals surface area (Å²) in [7, 11) is -4.18. The molecule has 6 atom stereocenters. The number of piperazine rings is 1. The van der Waals surface area contributed by atoms with Crippen molar-refractivity contribution in [3.8, 4) is 0 Å². The third kappa shape index (κ3) is 14.1. The number of anilines is 3. The summed E-state index contributed by atoms with van der Waals surface area (Å²) in [4.78, 5) is 87.3. The average molecular weight is 1210 g/mol. The highest BCUT2D eigenvalue weighted by atomic mass is 32.2. The van der Waals surface area contributed by atoms with Gasteiger partial charge in [0.05, 0.1) is 16.0 Å². The number of carbonyl (C=O) groups excluding carboxylic acids is 6. The molecule has 17 nitrogen and oxygen atoms in total. The van der Waals surface area contributed by atoms with Crippen molar-refractivity contribution in [1.29, 1.82) is 0 Å². The highest BCUT2D eigenvalue weighted by Gasteiger charge is 2.55. The van der Waals surface area contributed by atoms with Crippen LogP contribution in [-0.4, -0.2) is 142 Å². The minimum atomic E-state index is -4.18. The van der Waals surface area contributed by atoms with Gasteiger partial charge in [0.2, 0.25) is 17.7 Å². The summed E-state index contributed by atoms with van der Waals surface area (Å²) >= 11 is 1.76. The molecule has 2 saturated carbocycles. The summed E-state index contributed by atoms with van der Waals surface area (Å²) in [5, 5.41) is 12.3. The van der Waals surface area contributed by atoms with Gasteiger partial charge in [-0.2, -0.15) is 0 Å². The lowest BCUT2D eigenvalue weighted by atomic mass is 9.69. The van der Waals surface area contributed by atoms with Crippen LogP contribution in [0.5, 0.6) is 0 Å². The first kappa shape index (κ1) is 61.1. The van der Waals surface area contributed by atoms with E-state index in [1.165, 1.54) is 38.5 Å². The van der Waals surface area contributed by atoms with Gasteiger partial charge in [-0.15, -0.1) is 11.8 Å². The number of hydrogen-bond acceptors (Lipinski definition) is 14. The standard InChI is InChI=1S/C67H85N9O8S2/c1-5-44-38-54(55-39-53(44)55)56-40-67(3,4)27-23-47(56)41-74-33-35-75(36-34-74)49-17-15-45(16-18-49)63(79)72-86(83,84)51-19-20-57(43(2)37-51)70-48(42-85-50-11-7-6-8-12-50)26-32-73-30-24-46(25-31-73)62(78)69-29-10-28-68-58-14-9-13-52-61(58)66(82)76(65(52)81)59-21-22-60(77)71-64(59)80/h6-9,11-20,37,44,46,48,53-55,59,68,70H,5,10,21-36,38-42H2,1-4H3,(H,69,78)(H,72,79)(H,71,77,80). The van der Waals surface area contributed by atoms with E-state index in [4.69, 9.17) is 0 Å². The largest absolute Gasteiger partial charge is 0.384 e. The number of aryl methyl sites for hydroxylation is 1. The maximum Gasteiger partial charge on any atom is 0.264 e. The molecule has 7 aliphatic rings. The van der Waals surface area contributed by atoms with E-state index in [2.05, 4.69) is 73.6 Å². The zero-order valence-corrected chi connectivity index (χ0v) is 52.0. The monoisotopic (exact) mass is 1210 g/mol. The van der Waals surface area contributed by atoms with Crippen LogP contribution in [0.4, 0.5) is 17.1 Å². The van der Waals surface area contributed by atoms with E-state index >= 15 is 0 Å². The van der Waals surface area contributed by atoms with Crippen molar-refractivity contribution in [3.63, 3.8) is 0 Å². The molecule has 86 heavy (non-hydrogen) atoms. The lowest BCUT2D eigenvalue weighted by molar-refractivity contribution is -0.136. The minimum absolute atomic E-state index is 0.0128. The van der Waals surface area contributed by atoms with Gasteiger partial charge in [-0.1, -0.05) is 62.6 Å². The Morgan fingerprint density at radius 3 is 2.29 bits per heavy atom. The summed E-state index contributed by atoms with van der Waals surface area (Å²) in [5.41, 5.74) is 7.69. The number of fused-ring (bicyclic) bond motifs is 2. The maximum absolute atomic E-state index is 13.8. The maximum atomic E-state index is 13.8. The Labute approximate surface area is 511 Å². The van der Waals surface area contributed by atoms with Crippen LogP contribution < -0.4 is 30.9 Å².